The number of methoxy groups -OCH3 is 1. The van der Waals surface area contributed by atoms with Crippen LogP contribution in [0.25, 0.3) is 0 Å². The fourth-order valence-corrected chi connectivity index (χ4v) is 5.96. The molecule has 3 aromatic carbocycles. The Balaban J connectivity index is 2.06. The molecule has 3 aromatic rings. The Hall–Kier alpha value is -3.37. The molecule has 0 aliphatic carbocycles. The first-order chi connectivity index (χ1) is 18.6. The minimum atomic E-state index is -4.11. The lowest BCUT2D eigenvalue weighted by Gasteiger charge is -2.33. The summed E-state index contributed by atoms with van der Waals surface area (Å²) < 4.78 is 34.7. The summed E-state index contributed by atoms with van der Waals surface area (Å²) in [6.45, 7) is 5.12. The summed E-state index contributed by atoms with van der Waals surface area (Å²) in [6.07, 6.45) is 0.344. The van der Waals surface area contributed by atoms with E-state index >= 15 is 0 Å². The molecule has 0 radical (unpaired) electrons. The number of ether oxygens (including phenoxy) is 1. The number of hydrogen-bond acceptors (Lipinski definition) is 5. The van der Waals surface area contributed by atoms with Crippen molar-refractivity contribution in [3.05, 3.63) is 88.9 Å². The first-order valence-electron chi connectivity index (χ1n) is 12.6. The van der Waals surface area contributed by atoms with Crippen LogP contribution in [0.3, 0.4) is 0 Å². The molecule has 0 fully saturated rings. The third kappa shape index (κ3) is 7.83. The highest BCUT2D eigenvalue weighted by atomic mass is 79.9. The number of nitrogens with one attached hydrogen (secondary N) is 1. The van der Waals surface area contributed by atoms with Crippen LogP contribution in [0.2, 0.25) is 0 Å². The second-order valence-electron chi connectivity index (χ2n) is 9.27. The minimum absolute atomic E-state index is 0.0571. The molecule has 0 aliphatic rings. The van der Waals surface area contributed by atoms with Crippen LogP contribution in [0.5, 0.6) is 5.75 Å². The Morgan fingerprint density at radius 1 is 0.974 bits per heavy atom. The SMILES string of the molecule is CC[C@H](C(=O)NC(C)C)N(Cc1cccc(OC)c1)C(=O)CN(c1cccc(Br)c1)S(=O)(=O)c1ccccc1. The Kier molecular flexibility index (Phi) is 10.5. The number of benzene rings is 3. The van der Waals surface area contributed by atoms with Gasteiger partial charge >= 0.3 is 0 Å². The quantitative estimate of drug-likeness (QED) is 0.310. The van der Waals surface area contributed by atoms with Crippen LogP contribution < -0.4 is 14.4 Å². The van der Waals surface area contributed by atoms with Crippen molar-refractivity contribution in [1.82, 2.24) is 10.2 Å². The maximum absolute atomic E-state index is 14.0. The molecule has 1 N–H and O–H groups in total. The van der Waals surface area contributed by atoms with Crippen LogP contribution in [0.15, 0.2) is 88.2 Å². The molecule has 0 spiro atoms. The molecular weight excluding hydrogens is 582 g/mol. The highest BCUT2D eigenvalue weighted by Gasteiger charge is 2.33. The monoisotopic (exact) mass is 615 g/mol. The smallest absolute Gasteiger partial charge is 0.264 e. The number of sulfonamides is 1. The molecule has 0 bridgehead atoms. The number of amides is 2. The highest BCUT2D eigenvalue weighted by molar-refractivity contribution is 9.10. The minimum Gasteiger partial charge on any atom is -0.497 e. The van der Waals surface area contributed by atoms with Gasteiger partial charge in [-0.05, 0) is 68.3 Å². The van der Waals surface area contributed by atoms with Gasteiger partial charge < -0.3 is 15.0 Å². The van der Waals surface area contributed by atoms with E-state index in [0.717, 1.165) is 9.87 Å². The summed E-state index contributed by atoms with van der Waals surface area (Å²) >= 11 is 3.40. The standard InChI is InChI=1S/C29H34BrN3O5S/c1-5-27(29(35)31-21(2)3)32(19-22-11-9-14-25(17-22)38-4)28(34)20-33(24-13-10-12-23(30)18-24)39(36,37)26-15-7-6-8-16-26/h6-18,21,27H,5,19-20H2,1-4H3,(H,31,35)/t27-/m1/s1. The topological polar surface area (TPSA) is 96.0 Å². The summed E-state index contributed by atoms with van der Waals surface area (Å²) in [4.78, 5) is 28.7. The van der Waals surface area contributed by atoms with Gasteiger partial charge in [-0.15, -0.1) is 0 Å². The number of anilines is 1. The predicted octanol–water partition coefficient (Wildman–Crippen LogP) is 4.99. The molecule has 0 saturated carbocycles. The zero-order valence-electron chi connectivity index (χ0n) is 22.5. The van der Waals surface area contributed by atoms with E-state index < -0.39 is 28.5 Å². The summed E-state index contributed by atoms with van der Waals surface area (Å²) in [5.74, 6) is -0.200. The van der Waals surface area contributed by atoms with Gasteiger partial charge in [0.05, 0.1) is 17.7 Å². The average Bonchev–Trinajstić information content (AvgIpc) is 2.91. The molecule has 1 atom stereocenters. The molecule has 0 unspecified atom stereocenters. The largest absolute Gasteiger partial charge is 0.497 e. The van der Waals surface area contributed by atoms with E-state index in [1.807, 2.05) is 26.8 Å². The van der Waals surface area contributed by atoms with E-state index in [1.54, 1.807) is 67.8 Å². The summed E-state index contributed by atoms with van der Waals surface area (Å²) in [7, 11) is -2.56. The number of halogens is 1. The van der Waals surface area contributed by atoms with Crippen molar-refractivity contribution in [3.8, 4) is 5.75 Å². The van der Waals surface area contributed by atoms with Gasteiger partial charge in [0.15, 0.2) is 0 Å². The first-order valence-corrected chi connectivity index (χ1v) is 14.9. The van der Waals surface area contributed by atoms with Gasteiger partial charge in [0.1, 0.15) is 18.3 Å². The molecule has 3 rings (SSSR count). The van der Waals surface area contributed by atoms with Crippen LogP contribution in [0.1, 0.15) is 32.8 Å². The summed E-state index contributed by atoms with van der Waals surface area (Å²) in [5, 5.41) is 2.89. The number of rotatable bonds is 12. The number of nitrogens with zero attached hydrogens (tertiary/aromatic N) is 2. The zero-order chi connectivity index (χ0) is 28.6. The van der Waals surface area contributed by atoms with Crippen molar-refractivity contribution in [2.75, 3.05) is 18.0 Å². The fourth-order valence-electron chi connectivity index (χ4n) is 4.15. The van der Waals surface area contributed by atoms with Crippen molar-refractivity contribution in [2.24, 2.45) is 0 Å². The molecule has 0 saturated heterocycles. The van der Waals surface area contributed by atoms with Crippen LogP contribution in [0, 0.1) is 0 Å². The Labute approximate surface area is 239 Å². The third-order valence-corrected chi connectivity index (χ3v) is 8.29. The number of carbonyl (C=O) groups excluding carboxylic acids is 2. The lowest BCUT2D eigenvalue weighted by Crippen LogP contribution is -2.53. The predicted molar refractivity (Wildman–Crippen MR) is 156 cm³/mol. The maximum Gasteiger partial charge on any atom is 0.264 e. The molecule has 10 heteroatoms. The van der Waals surface area contributed by atoms with E-state index in [9.17, 15) is 18.0 Å². The van der Waals surface area contributed by atoms with Gasteiger partial charge in [0.2, 0.25) is 11.8 Å². The number of carbonyl (C=O) groups is 2. The molecule has 0 heterocycles. The van der Waals surface area contributed by atoms with E-state index in [2.05, 4.69) is 21.2 Å². The first kappa shape index (κ1) is 30.2. The third-order valence-electron chi connectivity index (χ3n) is 6.01. The van der Waals surface area contributed by atoms with Gasteiger partial charge in [-0.3, -0.25) is 13.9 Å². The molecule has 8 nitrogen and oxygen atoms in total. The second-order valence-corrected chi connectivity index (χ2v) is 12.0. The number of hydrogen-bond donors (Lipinski definition) is 1. The summed E-state index contributed by atoms with van der Waals surface area (Å²) in [5.41, 5.74) is 1.07. The summed E-state index contributed by atoms with van der Waals surface area (Å²) in [6, 6.07) is 21.0. The van der Waals surface area contributed by atoms with E-state index in [1.165, 1.54) is 17.0 Å². The lowest BCUT2D eigenvalue weighted by atomic mass is 10.1. The Morgan fingerprint density at radius 2 is 1.67 bits per heavy atom. The van der Waals surface area contributed by atoms with Crippen LogP contribution in [-0.2, 0) is 26.2 Å². The van der Waals surface area contributed by atoms with Crippen molar-refractivity contribution >= 4 is 43.5 Å². The van der Waals surface area contributed by atoms with Crippen molar-refractivity contribution in [2.45, 2.75) is 50.7 Å². The van der Waals surface area contributed by atoms with Gasteiger partial charge in [0, 0.05) is 17.1 Å². The zero-order valence-corrected chi connectivity index (χ0v) is 24.9. The van der Waals surface area contributed by atoms with E-state index in [0.29, 0.717) is 22.3 Å². The van der Waals surface area contributed by atoms with E-state index in [4.69, 9.17) is 4.74 Å². The molecular formula is C29H34BrN3O5S. The second kappa shape index (κ2) is 13.6. The highest BCUT2D eigenvalue weighted by Crippen LogP contribution is 2.27. The van der Waals surface area contributed by atoms with Crippen molar-refractivity contribution < 1.29 is 22.7 Å². The Morgan fingerprint density at radius 3 is 2.28 bits per heavy atom. The van der Waals surface area contributed by atoms with E-state index in [-0.39, 0.29) is 23.4 Å². The normalized spacial score (nSPS) is 12.1. The van der Waals surface area contributed by atoms with Gasteiger partial charge in [-0.1, -0.05) is 59.3 Å². The Bertz CT molecular complexity index is 1380. The molecule has 2 amide bonds. The van der Waals surface area contributed by atoms with Crippen molar-refractivity contribution in [1.29, 1.82) is 0 Å². The maximum atomic E-state index is 14.0. The van der Waals surface area contributed by atoms with Crippen LogP contribution >= 0.6 is 15.9 Å². The molecule has 208 valence electrons. The van der Waals surface area contributed by atoms with Gasteiger partial charge in [-0.2, -0.15) is 0 Å². The van der Waals surface area contributed by atoms with Gasteiger partial charge in [-0.25, -0.2) is 8.42 Å². The molecule has 0 aliphatic heterocycles. The van der Waals surface area contributed by atoms with Crippen LogP contribution in [0.4, 0.5) is 5.69 Å². The van der Waals surface area contributed by atoms with Crippen molar-refractivity contribution in [3.63, 3.8) is 0 Å². The molecule has 0 aromatic heterocycles. The average molecular weight is 617 g/mol. The van der Waals surface area contributed by atoms with Crippen LogP contribution in [-0.4, -0.2) is 50.9 Å². The molecule has 39 heavy (non-hydrogen) atoms. The van der Waals surface area contributed by atoms with Gasteiger partial charge in [0.25, 0.3) is 10.0 Å². The lowest BCUT2D eigenvalue weighted by molar-refractivity contribution is -0.140. The fraction of sp³-hybridized carbons (Fsp3) is 0.310.